The number of carbonyl (C=O) groups excluding carboxylic acids is 1. The molecule has 1 heterocycles. The van der Waals surface area contributed by atoms with Crippen molar-refractivity contribution in [1.82, 2.24) is 20.2 Å². The Hall–Kier alpha value is -3.95. The van der Waals surface area contributed by atoms with Gasteiger partial charge in [-0.25, -0.2) is 10.2 Å². The van der Waals surface area contributed by atoms with Crippen LogP contribution >= 0.6 is 23.4 Å². The number of aromatic nitrogens is 3. The van der Waals surface area contributed by atoms with Gasteiger partial charge >= 0.3 is 5.97 Å². The van der Waals surface area contributed by atoms with Gasteiger partial charge in [0, 0.05) is 16.3 Å². The van der Waals surface area contributed by atoms with Crippen LogP contribution in [-0.4, -0.2) is 43.7 Å². The first-order valence-electron chi connectivity index (χ1n) is 10.1. The molecule has 2 N–H and O–H groups in total. The highest BCUT2D eigenvalue weighted by Crippen LogP contribution is 2.28. The zero-order chi connectivity index (χ0) is 23.9. The number of rotatable bonds is 8. The van der Waals surface area contributed by atoms with Gasteiger partial charge in [0.25, 0.3) is 5.91 Å². The first-order valence-corrected chi connectivity index (χ1v) is 11.4. The smallest absolute Gasteiger partial charge is 0.335 e. The molecule has 0 aliphatic rings. The summed E-state index contributed by atoms with van der Waals surface area (Å²) >= 11 is 7.25. The largest absolute Gasteiger partial charge is 0.478 e. The average molecular weight is 492 g/mol. The van der Waals surface area contributed by atoms with Crippen molar-refractivity contribution in [2.24, 2.45) is 5.10 Å². The third-order valence-electron chi connectivity index (χ3n) is 4.64. The quantitative estimate of drug-likeness (QED) is 0.213. The molecule has 0 saturated carbocycles. The van der Waals surface area contributed by atoms with Gasteiger partial charge in [0.05, 0.1) is 17.5 Å². The van der Waals surface area contributed by atoms with E-state index >= 15 is 0 Å². The normalized spacial score (nSPS) is 11.0. The van der Waals surface area contributed by atoms with Crippen molar-refractivity contribution < 1.29 is 14.7 Å². The molecule has 170 valence electrons. The number of benzene rings is 3. The lowest BCUT2D eigenvalue weighted by Gasteiger charge is -2.10. The van der Waals surface area contributed by atoms with Crippen molar-refractivity contribution in [3.05, 3.63) is 95.0 Å². The van der Waals surface area contributed by atoms with Gasteiger partial charge in [-0.2, -0.15) is 5.10 Å². The number of nitrogens with zero attached hydrogens (tertiary/aromatic N) is 4. The third-order valence-corrected chi connectivity index (χ3v) is 5.82. The summed E-state index contributed by atoms with van der Waals surface area (Å²) in [4.78, 5) is 23.2. The number of carboxylic acid groups (broad SMARTS) is 1. The van der Waals surface area contributed by atoms with Crippen LogP contribution in [0.5, 0.6) is 0 Å². The Labute approximate surface area is 204 Å². The summed E-state index contributed by atoms with van der Waals surface area (Å²) < 4.78 is 1.88. The fraction of sp³-hybridized carbons (Fsp3) is 0.0417. The molecule has 3 aromatic carbocycles. The molecular formula is C24H18ClN5O3S. The Balaban J connectivity index is 1.45. The summed E-state index contributed by atoms with van der Waals surface area (Å²) in [6.07, 6.45) is 1.44. The second-order valence-corrected chi connectivity index (χ2v) is 8.37. The van der Waals surface area contributed by atoms with Crippen molar-refractivity contribution >= 4 is 41.5 Å². The molecule has 34 heavy (non-hydrogen) atoms. The molecule has 1 aromatic heterocycles. The summed E-state index contributed by atoms with van der Waals surface area (Å²) in [6.45, 7) is 0. The minimum Gasteiger partial charge on any atom is -0.478 e. The highest BCUT2D eigenvalue weighted by Gasteiger charge is 2.17. The van der Waals surface area contributed by atoms with Gasteiger partial charge in [-0.3, -0.25) is 9.36 Å². The van der Waals surface area contributed by atoms with Gasteiger partial charge in [-0.05, 0) is 54.1 Å². The van der Waals surface area contributed by atoms with Crippen LogP contribution in [0.2, 0.25) is 5.02 Å². The molecule has 0 aliphatic heterocycles. The summed E-state index contributed by atoms with van der Waals surface area (Å²) in [5.74, 6) is -0.620. The maximum atomic E-state index is 12.3. The monoisotopic (exact) mass is 491 g/mol. The fourth-order valence-corrected chi connectivity index (χ4v) is 3.88. The highest BCUT2D eigenvalue weighted by molar-refractivity contribution is 7.99. The first kappa shape index (κ1) is 23.2. The minimum absolute atomic E-state index is 0.0703. The van der Waals surface area contributed by atoms with E-state index < -0.39 is 5.97 Å². The van der Waals surface area contributed by atoms with E-state index in [1.165, 1.54) is 30.1 Å². The van der Waals surface area contributed by atoms with Gasteiger partial charge in [0.15, 0.2) is 11.0 Å². The number of hydrogen-bond donors (Lipinski definition) is 2. The Morgan fingerprint density at radius 2 is 1.71 bits per heavy atom. The molecule has 10 heteroatoms. The van der Waals surface area contributed by atoms with E-state index in [1.54, 1.807) is 24.3 Å². The number of thioether (sulfide) groups is 1. The molecule has 0 fully saturated rings. The molecule has 0 aliphatic carbocycles. The predicted octanol–water partition coefficient (Wildman–Crippen LogP) is 4.53. The van der Waals surface area contributed by atoms with E-state index in [0.29, 0.717) is 21.6 Å². The lowest BCUT2D eigenvalue weighted by atomic mass is 10.1. The van der Waals surface area contributed by atoms with Gasteiger partial charge in [0.2, 0.25) is 0 Å². The maximum absolute atomic E-state index is 12.3. The second-order valence-electron chi connectivity index (χ2n) is 6.99. The van der Waals surface area contributed by atoms with E-state index in [2.05, 4.69) is 20.7 Å². The number of carbonyl (C=O) groups is 2. The lowest BCUT2D eigenvalue weighted by Crippen LogP contribution is -2.20. The second kappa shape index (κ2) is 10.8. The third kappa shape index (κ3) is 5.69. The number of hydrazone groups is 1. The molecule has 4 aromatic rings. The van der Waals surface area contributed by atoms with Crippen LogP contribution in [0, 0.1) is 0 Å². The zero-order valence-electron chi connectivity index (χ0n) is 17.6. The van der Waals surface area contributed by atoms with E-state index in [4.69, 9.17) is 16.7 Å². The van der Waals surface area contributed by atoms with E-state index in [0.717, 1.165) is 11.3 Å². The summed E-state index contributed by atoms with van der Waals surface area (Å²) in [6, 6.07) is 23.1. The highest BCUT2D eigenvalue weighted by atomic mass is 35.5. The molecular weight excluding hydrogens is 474 g/mol. The van der Waals surface area contributed by atoms with Crippen molar-refractivity contribution in [2.75, 3.05) is 5.75 Å². The van der Waals surface area contributed by atoms with Crippen LogP contribution in [0.25, 0.3) is 17.1 Å². The number of nitrogens with one attached hydrogen (secondary N) is 1. The summed E-state index contributed by atoms with van der Waals surface area (Å²) in [5.41, 5.74) is 5.01. The first-order chi connectivity index (χ1) is 16.5. The molecule has 0 atom stereocenters. The molecule has 0 spiro atoms. The predicted molar refractivity (Wildman–Crippen MR) is 132 cm³/mol. The molecule has 4 rings (SSSR count). The van der Waals surface area contributed by atoms with Crippen molar-refractivity contribution in [3.8, 4) is 17.1 Å². The Morgan fingerprint density at radius 3 is 2.38 bits per heavy atom. The Bertz CT molecular complexity index is 1320. The van der Waals surface area contributed by atoms with Crippen molar-refractivity contribution in [1.29, 1.82) is 0 Å². The van der Waals surface area contributed by atoms with Crippen molar-refractivity contribution in [3.63, 3.8) is 0 Å². The lowest BCUT2D eigenvalue weighted by molar-refractivity contribution is -0.118. The molecule has 0 saturated heterocycles. The Kier molecular flexibility index (Phi) is 7.36. The van der Waals surface area contributed by atoms with Crippen LogP contribution in [0.15, 0.2) is 89.1 Å². The van der Waals surface area contributed by atoms with Crippen LogP contribution in [0.3, 0.4) is 0 Å². The molecule has 0 unspecified atom stereocenters. The van der Waals surface area contributed by atoms with Crippen LogP contribution in [0.1, 0.15) is 15.9 Å². The van der Waals surface area contributed by atoms with E-state index in [9.17, 15) is 9.59 Å². The minimum atomic E-state index is -1.00. The number of para-hydroxylation sites is 1. The maximum Gasteiger partial charge on any atom is 0.335 e. The molecule has 1 amide bonds. The zero-order valence-corrected chi connectivity index (χ0v) is 19.2. The topological polar surface area (TPSA) is 109 Å². The van der Waals surface area contributed by atoms with Gasteiger partial charge in [-0.15, -0.1) is 10.2 Å². The fourth-order valence-electron chi connectivity index (χ4n) is 3.01. The standard InChI is InChI=1S/C24H18ClN5O3S/c25-19-12-10-17(11-13-19)22-28-29-24(30(22)20-4-2-1-3-5-20)34-15-21(31)27-26-14-16-6-8-18(9-7-16)23(32)33/h1-14H,15H2,(H,27,31)(H,32,33)/b26-14-. The number of hydrogen-bond acceptors (Lipinski definition) is 6. The van der Waals surface area contributed by atoms with Crippen LogP contribution in [-0.2, 0) is 4.79 Å². The van der Waals surface area contributed by atoms with Gasteiger partial charge < -0.3 is 5.11 Å². The molecule has 8 nitrogen and oxygen atoms in total. The van der Waals surface area contributed by atoms with Gasteiger partial charge in [-0.1, -0.05) is 53.7 Å². The van der Waals surface area contributed by atoms with Crippen LogP contribution in [0.4, 0.5) is 0 Å². The van der Waals surface area contributed by atoms with E-state index in [1.807, 2.05) is 47.0 Å². The number of halogens is 1. The molecule has 0 radical (unpaired) electrons. The average Bonchev–Trinajstić information content (AvgIpc) is 3.28. The van der Waals surface area contributed by atoms with Gasteiger partial charge in [0.1, 0.15) is 0 Å². The Morgan fingerprint density at radius 1 is 1.00 bits per heavy atom. The number of aromatic carboxylic acids is 1. The molecule has 0 bridgehead atoms. The number of amides is 1. The summed E-state index contributed by atoms with van der Waals surface area (Å²) in [7, 11) is 0. The van der Waals surface area contributed by atoms with Crippen LogP contribution < -0.4 is 5.43 Å². The van der Waals surface area contributed by atoms with E-state index in [-0.39, 0.29) is 17.2 Å². The number of carboxylic acids is 1. The SMILES string of the molecule is O=C(CSc1nnc(-c2ccc(Cl)cc2)n1-c1ccccc1)N/N=C\c1ccc(C(=O)O)cc1. The summed E-state index contributed by atoms with van der Waals surface area (Å²) in [5, 5.41) is 22.7. The van der Waals surface area contributed by atoms with Crippen molar-refractivity contribution in [2.45, 2.75) is 5.16 Å².